The molecule has 0 atom stereocenters. The number of likely N-dealkylation sites (N-methyl/N-ethyl adjacent to an activating group) is 1. The van der Waals surface area contributed by atoms with Gasteiger partial charge in [0.05, 0.1) is 27.8 Å². The van der Waals surface area contributed by atoms with Crippen molar-refractivity contribution < 1.29 is 4.79 Å². The third-order valence-electron chi connectivity index (χ3n) is 7.13. The molecule has 1 saturated heterocycles. The Bertz CT molecular complexity index is 1340. The number of nitrogens with one attached hydrogen (secondary N) is 1. The Hall–Kier alpha value is -3.32. The number of carbonyl (C=O) groups is 1. The largest absolute Gasteiger partial charge is 0.367 e. The molecule has 2 aromatic carbocycles. The zero-order valence-electron chi connectivity index (χ0n) is 19.1. The van der Waals surface area contributed by atoms with Crippen molar-refractivity contribution in [3.63, 3.8) is 0 Å². The van der Waals surface area contributed by atoms with Crippen molar-refractivity contribution in [1.29, 1.82) is 0 Å². The Balaban J connectivity index is 1.35. The highest BCUT2D eigenvalue weighted by atomic mass is 16.2. The van der Waals surface area contributed by atoms with Crippen molar-refractivity contribution in [2.24, 2.45) is 0 Å². The van der Waals surface area contributed by atoms with Crippen molar-refractivity contribution in [1.82, 2.24) is 24.7 Å². The number of amides is 2. The summed E-state index contributed by atoms with van der Waals surface area (Å²) in [6, 6.07) is 17.1. The van der Waals surface area contributed by atoms with Gasteiger partial charge in [-0.25, -0.2) is 9.78 Å². The molecule has 33 heavy (non-hydrogen) atoms. The maximum atomic E-state index is 12.7. The number of aryl methyl sites for hydroxylation is 1. The number of carbonyl (C=O) groups excluding carboxylic acids is 1. The van der Waals surface area contributed by atoms with E-state index in [1.165, 1.54) is 27.5 Å². The number of fused-ring (bicyclic) bond motifs is 5. The van der Waals surface area contributed by atoms with Gasteiger partial charge in [0.25, 0.3) is 0 Å². The van der Waals surface area contributed by atoms with E-state index < -0.39 is 0 Å². The fourth-order valence-electron chi connectivity index (χ4n) is 5.38. The lowest BCUT2D eigenvalue weighted by atomic mass is 10.1. The van der Waals surface area contributed by atoms with Gasteiger partial charge in [-0.15, -0.1) is 0 Å². The van der Waals surface area contributed by atoms with E-state index in [1.807, 2.05) is 4.90 Å². The summed E-state index contributed by atoms with van der Waals surface area (Å²) in [5.41, 5.74) is 5.82. The van der Waals surface area contributed by atoms with Crippen LogP contribution in [0, 0.1) is 0 Å². The number of hydrogen-bond donors (Lipinski definition) is 1. The quantitative estimate of drug-likeness (QED) is 0.528. The van der Waals surface area contributed by atoms with E-state index in [4.69, 9.17) is 4.98 Å². The fourth-order valence-corrected chi connectivity index (χ4v) is 5.38. The highest BCUT2D eigenvalue weighted by Crippen LogP contribution is 2.40. The van der Waals surface area contributed by atoms with Crippen LogP contribution in [0.1, 0.15) is 6.42 Å². The summed E-state index contributed by atoms with van der Waals surface area (Å²) < 4.78 is 2.45. The predicted octanol–water partition coefficient (Wildman–Crippen LogP) is 3.51. The molecule has 7 heteroatoms. The van der Waals surface area contributed by atoms with E-state index in [0.717, 1.165) is 63.3 Å². The molecule has 6 rings (SSSR count). The molecule has 2 aliphatic heterocycles. The van der Waals surface area contributed by atoms with Gasteiger partial charge in [0.15, 0.2) is 0 Å². The first-order valence-corrected chi connectivity index (χ1v) is 12.0. The SMILES string of the molecule is CN1CCN(C(=O)NCCN2CCCn3c4ccccc4c4nc5ccccc5c2c43)CC1. The molecule has 2 aliphatic rings. The van der Waals surface area contributed by atoms with Crippen LogP contribution in [0.2, 0.25) is 0 Å². The van der Waals surface area contributed by atoms with Crippen LogP contribution in [0.5, 0.6) is 0 Å². The van der Waals surface area contributed by atoms with Gasteiger partial charge in [0.2, 0.25) is 0 Å². The van der Waals surface area contributed by atoms with Crippen molar-refractivity contribution in [3.05, 3.63) is 48.5 Å². The van der Waals surface area contributed by atoms with E-state index >= 15 is 0 Å². The van der Waals surface area contributed by atoms with Crippen LogP contribution in [0.25, 0.3) is 32.8 Å². The monoisotopic (exact) mass is 442 g/mol. The first-order chi connectivity index (χ1) is 16.2. The van der Waals surface area contributed by atoms with Crippen LogP contribution in [0.3, 0.4) is 0 Å². The number of pyridine rings is 1. The third-order valence-corrected chi connectivity index (χ3v) is 7.13. The molecule has 2 aromatic heterocycles. The van der Waals surface area contributed by atoms with Crippen LogP contribution in [-0.4, -0.2) is 78.2 Å². The lowest BCUT2D eigenvalue weighted by Gasteiger charge is -2.32. The van der Waals surface area contributed by atoms with Gasteiger partial charge >= 0.3 is 6.03 Å². The molecule has 4 aromatic rings. The first-order valence-electron chi connectivity index (χ1n) is 12.0. The van der Waals surface area contributed by atoms with E-state index in [0.29, 0.717) is 6.54 Å². The third kappa shape index (κ3) is 3.47. The second kappa shape index (κ2) is 8.23. The van der Waals surface area contributed by atoms with E-state index in [2.05, 4.69) is 75.3 Å². The van der Waals surface area contributed by atoms with Crippen LogP contribution in [0.4, 0.5) is 10.5 Å². The minimum atomic E-state index is 0.0526. The summed E-state index contributed by atoms with van der Waals surface area (Å²) in [7, 11) is 2.10. The first kappa shape index (κ1) is 20.3. The van der Waals surface area contributed by atoms with Gasteiger partial charge in [-0.05, 0) is 25.6 Å². The smallest absolute Gasteiger partial charge is 0.317 e. The van der Waals surface area contributed by atoms with Crippen molar-refractivity contribution in [2.75, 3.05) is 57.8 Å². The molecule has 2 amide bonds. The van der Waals surface area contributed by atoms with Crippen LogP contribution in [0.15, 0.2) is 48.5 Å². The van der Waals surface area contributed by atoms with Crippen LogP contribution in [-0.2, 0) is 6.54 Å². The number of hydrogen-bond acceptors (Lipinski definition) is 4. The summed E-state index contributed by atoms with van der Waals surface area (Å²) in [6.07, 6.45) is 1.06. The summed E-state index contributed by atoms with van der Waals surface area (Å²) >= 11 is 0. The number of benzene rings is 2. The number of nitrogens with zero attached hydrogens (tertiary/aromatic N) is 5. The molecule has 4 heterocycles. The van der Waals surface area contributed by atoms with E-state index in [-0.39, 0.29) is 6.03 Å². The molecule has 0 unspecified atom stereocenters. The maximum Gasteiger partial charge on any atom is 0.317 e. The molecule has 1 fully saturated rings. The molecule has 7 nitrogen and oxygen atoms in total. The summed E-state index contributed by atoms with van der Waals surface area (Å²) in [6.45, 7) is 6.80. The summed E-state index contributed by atoms with van der Waals surface area (Å²) in [5.74, 6) is 0. The lowest BCUT2D eigenvalue weighted by Crippen LogP contribution is -2.51. The molecule has 170 valence electrons. The molecular formula is C26H30N6O. The molecule has 1 N–H and O–H groups in total. The zero-order valence-corrected chi connectivity index (χ0v) is 19.1. The second-order valence-corrected chi connectivity index (χ2v) is 9.21. The van der Waals surface area contributed by atoms with Gasteiger partial charge < -0.3 is 24.6 Å². The molecular weight excluding hydrogens is 412 g/mol. The van der Waals surface area contributed by atoms with Gasteiger partial charge in [-0.3, -0.25) is 0 Å². The van der Waals surface area contributed by atoms with Crippen LogP contribution >= 0.6 is 0 Å². The molecule has 0 spiro atoms. The zero-order chi connectivity index (χ0) is 22.4. The topological polar surface area (TPSA) is 56.6 Å². The van der Waals surface area contributed by atoms with Gasteiger partial charge in [-0.2, -0.15) is 0 Å². The number of urea groups is 1. The number of aromatic nitrogens is 2. The number of piperazine rings is 1. The van der Waals surface area contributed by atoms with Gasteiger partial charge in [-0.1, -0.05) is 36.4 Å². The number of anilines is 1. The molecule has 0 aliphatic carbocycles. The maximum absolute atomic E-state index is 12.7. The minimum absolute atomic E-state index is 0.0526. The summed E-state index contributed by atoms with van der Waals surface area (Å²) in [4.78, 5) is 24.4. The minimum Gasteiger partial charge on any atom is -0.367 e. The molecule has 0 radical (unpaired) electrons. The van der Waals surface area contributed by atoms with E-state index in [9.17, 15) is 4.79 Å². The van der Waals surface area contributed by atoms with Crippen molar-refractivity contribution >= 4 is 44.6 Å². The van der Waals surface area contributed by atoms with Crippen LogP contribution < -0.4 is 10.2 Å². The Morgan fingerprint density at radius 3 is 2.55 bits per heavy atom. The Morgan fingerprint density at radius 1 is 0.939 bits per heavy atom. The predicted molar refractivity (Wildman–Crippen MR) is 134 cm³/mol. The van der Waals surface area contributed by atoms with Gasteiger partial charge in [0.1, 0.15) is 0 Å². The molecule has 0 bridgehead atoms. The highest BCUT2D eigenvalue weighted by molar-refractivity contribution is 6.16. The Kier molecular flexibility index (Phi) is 5.06. The average molecular weight is 443 g/mol. The number of rotatable bonds is 3. The number of para-hydroxylation sites is 2. The van der Waals surface area contributed by atoms with Crippen molar-refractivity contribution in [3.8, 4) is 0 Å². The summed E-state index contributed by atoms with van der Waals surface area (Å²) in [5, 5.41) is 5.56. The fraction of sp³-hybridized carbons (Fsp3) is 0.385. The highest BCUT2D eigenvalue weighted by Gasteiger charge is 2.25. The van der Waals surface area contributed by atoms with Gasteiger partial charge in [0, 0.05) is 63.1 Å². The van der Waals surface area contributed by atoms with Crippen molar-refractivity contribution in [2.45, 2.75) is 13.0 Å². The normalized spacial score (nSPS) is 17.1. The second-order valence-electron chi connectivity index (χ2n) is 9.21. The Labute approximate surface area is 193 Å². The standard InChI is InChI=1S/C26H30N6O/c1-29-15-17-31(18-16-29)26(33)27-11-14-30-12-6-13-32-22-10-5-3-8-20(22)23-25(32)24(30)19-7-2-4-9-21(19)28-23/h2-5,7-10H,6,11-18H2,1H3,(H,27,33). The molecule has 0 saturated carbocycles. The van der Waals surface area contributed by atoms with E-state index in [1.54, 1.807) is 0 Å². The lowest BCUT2D eigenvalue weighted by molar-refractivity contribution is 0.154. The average Bonchev–Trinajstić information content (AvgIpc) is 3.02. The Morgan fingerprint density at radius 2 is 1.70 bits per heavy atom.